The van der Waals surface area contributed by atoms with Gasteiger partial charge in [0.15, 0.2) is 5.69 Å². The van der Waals surface area contributed by atoms with Crippen LogP contribution in [0, 0.1) is 17.2 Å². The Balaban J connectivity index is 0.000000324. The van der Waals surface area contributed by atoms with Gasteiger partial charge in [-0.05, 0) is 49.6 Å². The molecule has 8 heteroatoms. The van der Waals surface area contributed by atoms with Gasteiger partial charge in [0, 0.05) is 22.6 Å². The van der Waals surface area contributed by atoms with E-state index in [4.69, 9.17) is 34.7 Å². The van der Waals surface area contributed by atoms with Crippen LogP contribution >= 0.6 is 11.6 Å². The van der Waals surface area contributed by atoms with Crippen LogP contribution in [0.25, 0.3) is 17.0 Å². The average molecular weight is 384 g/mol. The van der Waals surface area contributed by atoms with Crippen LogP contribution in [-0.2, 0) is 12.8 Å². The van der Waals surface area contributed by atoms with Crippen molar-refractivity contribution in [3.05, 3.63) is 58.4 Å². The summed E-state index contributed by atoms with van der Waals surface area (Å²) in [7, 11) is -4.94. The van der Waals surface area contributed by atoms with Crippen molar-refractivity contribution in [2.24, 2.45) is 0 Å². The molecule has 0 fully saturated rings. The Labute approximate surface area is 151 Å². The molecule has 0 N–H and O–H groups in total. The van der Waals surface area contributed by atoms with E-state index in [2.05, 4.69) is 23.6 Å². The second-order valence-electron chi connectivity index (χ2n) is 5.79. The highest BCUT2D eigenvalue weighted by molar-refractivity contribution is 6.30. The van der Waals surface area contributed by atoms with Crippen LogP contribution in [0.4, 0.5) is 0 Å². The molecule has 1 aromatic carbocycles. The number of benzene rings is 1. The lowest BCUT2D eigenvalue weighted by atomic mass is 10.1. The summed E-state index contributed by atoms with van der Waals surface area (Å²) in [6.45, 7) is 2.18. The molecular formula is C17H15Cl2NO5. The van der Waals surface area contributed by atoms with E-state index in [0.29, 0.717) is 0 Å². The van der Waals surface area contributed by atoms with Crippen molar-refractivity contribution in [1.82, 2.24) is 0 Å². The second-order valence-corrected chi connectivity index (χ2v) is 6.99. The maximum Gasteiger partial charge on any atom is 0.379 e. The predicted octanol–water partition coefficient (Wildman–Crippen LogP) is -0.620. The largest absolute Gasteiger partial charge is 0.398 e. The predicted molar refractivity (Wildman–Crippen MR) is 79.1 cm³/mol. The van der Waals surface area contributed by atoms with E-state index in [1.807, 2.05) is 24.3 Å². The maximum absolute atomic E-state index is 8.49. The molecule has 0 saturated carbocycles. The molecule has 1 aliphatic carbocycles. The first kappa shape index (κ1) is 18.1. The average Bonchev–Trinajstić information content (AvgIpc) is 3.12. The van der Waals surface area contributed by atoms with Gasteiger partial charge < -0.3 is 4.42 Å². The summed E-state index contributed by atoms with van der Waals surface area (Å²) in [4.78, 5) is 0. The molecular weight excluding hydrogens is 369 g/mol. The first-order valence-corrected chi connectivity index (χ1v) is 9.18. The number of hydrogen-bond acceptors (Lipinski definition) is 5. The number of hydrogen-bond donors (Lipinski definition) is 0. The Morgan fingerprint density at radius 3 is 2.36 bits per heavy atom. The zero-order chi connectivity index (χ0) is 18.2. The molecule has 1 aliphatic rings. The molecule has 0 unspecified atom stereocenters. The van der Waals surface area contributed by atoms with Crippen molar-refractivity contribution in [2.75, 3.05) is 0 Å². The summed E-state index contributed by atoms with van der Waals surface area (Å²) in [5, 5.41) is 0.745. The minimum Gasteiger partial charge on any atom is -0.398 e. The van der Waals surface area contributed by atoms with Gasteiger partial charge in [-0.2, -0.15) is 0 Å². The number of rotatable bonds is 1. The highest BCUT2D eigenvalue weighted by Crippen LogP contribution is 2.27. The third-order valence-corrected chi connectivity index (χ3v) is 4.37. The Morgan fingerprint density at radius 2 is 1.72 bits per heavy atom. The van der Waals surface area contributed by atoms with Gasteiger partial charge in [-0.25, -0.2) is 18.6 Å². The van der Waals surface area contributed by atoms with E-state index in [0.717, 1.165) is 28.5 Å². The van der Waals surface area contributed by atoms with Crippen LogP contribution in [0.15, 0.2) is 40.9 Å². The fourth-order valence-corrected chi connectivity index (χ4v) is 3.24. The van der Waals surface area contributed by atoms with E-state index < -0.39 is 10.2 Å². The maximum atomic E-state index is 8.49. The number of fused-ring (bicyclic) bond motifs is 3. The molecule has 0 bridgehead atoms. The first-order chi connectivity index (χ1) is 11.7. The zero-order valence-corrected chi connectivity index (χ0v) is 14.8. The highest BCUT2D eigenvalue weighted by atomic mass is 35.7. The van der Waals surface area contributed by atoms with Gasteiger partial charge in [-0.3, -0.25) is 0 Å². The standard InChI is InChI=1S/C17H15ClNO.ClHO4/c1-11-9-17-19(15-4-2-3-14(11)15)10-16(20-17)12-5-7-13(18)8-6-12;2-1(3,4)5/h5-10H,2-4H2,1H3;(H,2,3,4,5)/q+1;/p-1. The molecule has 0 radical (unpaired) electrons. The Kier molecular flexibility index (Phi) is 5.02. The number of pyridine rings is 1. The molecule has 0 atom stereocenters. The fourth-order valence-electron chi connectivity index (χ4n) is 3.12. The van der Waals surface area contributed by atoms with Crippen LogP contribution < -0.4 is 23.0 Å². The number of nitrogens with zero attached hydrogens (tertiary/aromatic N) is 1. The SMILES string of the molecule is Cc1cc2oc(-c3ccc(Cl)cc3)c[n+]2c2c1CCC2.[O-][Cl+3]([O-])([O-])[O-]. The minimum atomic E-state index is -4.94. The van der Waals surface area contributed by atoms with Gasteiger partial charge in [0.1, 0.15) is 0 Å². The van der Waals surface area contributed by atoms with E-state index in [9.17, 15) is 0 Å². The van der Waals surface area contributed by atoms with Gasteiger partial charge in [-0.1, -0.05) is 11.6 Å². The van der Waals surface area contributed by atoms with Crippen molar-refractivity contribution in [2.45, 2.75) is 26.2 Å². The molecule has 0 amide bonds. The number of oxazole rings is 1. The molecule has 3 aromatic rings. The molecule has 25 heavy (non-hydrogen) atoms. The summed E-state index contributed by atoms with van der Waals surface area (Å²) in [6.07, 6.45) is 5.66. The molecule has 0 aliphatic heterocycles. The minimum absolute atomic E-state index is 0.745. The van der Waals surface area contributed by atoms with Crippen molar-refractivity contribution in [3.8, 4) is 11.3 Å². The van der Waals surface area contributed by atoms with E-state index in [-0.39, 0.29) is 0 Å². The lowest BCUT2D eigenvalue weighted by molar-refractivity contribution is -2.00. The lowest BCUT2D eigenvalue weighted by Gasteiger charge is -2.17. The summed E-state index contributed by atoms with van der Waals surface area (Å²) in [6, 6.07) is 9.92. The van der Waals surface area contributed by atoms with E-state index in [1.54, 1.807) is 0 Å². The Morgan fingerprint density at radius 1 is 1.08 bits per heavy atom. The van der Waals surface area contributed by atoms with Gasteiger partial charge in [0.2, 0.25) is 12.0 Å². The number of aromatic nitrogens is 1. The first-order valence-electron chi connectivity index (χ1n) is 7.56. The molecule has 4 rings (SSSR count). The number of aryl methyl sites for hydroxylation is 2. The molecule has 2 heterocycles. The van der Waals surface area contributed by atoms with Crippen molar-refractivity contribution in [1.29, 1.82) is 0 Å². The van der Waals surface area contributed by atoms with Crippen molar-refractivity contribution in [3.63, 3.8) is 0 Å². The van der Waals surface area contributed by atoms with Crippen LogP contribution in [0.3, 0.4) is 0 Å². The number of halogens is 2. The fraction of sp³-hybridized carbons (Fsp3) is 0.235. The smallest absolute Gasteiger partial charge is 0.379 e. The van der Waals surface area contributed by atoms with Gasteiger partial charge in [0.25, 0.3) is 0 Å². The van der Waals surface area contributed by atoms with Crippen molar-refractivity contribution < 1.29 is 37.7 Å². The van der Waals surface area contributed by atoms with Crippen LogP contribution in [0.1, 0.15) is 23.2 Å². The second kappa shape index (κ2) is 6.92. The zero-order valence-electron chi connectivity index (χ0n) is 13.3. The molecule has 132 valence electrons. The van der Waals surface area contributed by atoms with Crippen molar-refractivity contribution >= 4 is 17.3 Å². The summed E-state index contributed by atoms with van der Waals surface area (Å²) in [5.74, 6) is 0.890. The third-order valence-electron chi connectivity index (χ3n) is 4.12. The quantitative estimate of drug-likeness (QED) is 0.520. The third kappa shape index (κ3) is 4.30. The summed E-state index contributed by atoms with van der Waals surface area (Å²) in [5.41, 5.74) is 6.22. The van der Waals surface area contributed by atoms with Crippen LogP contribution in [0.5, 0.6) is 0 Å². The topological polar surface area (TPSA) is 109 Å². The molecule has 6 nitrogen and oxygen atoms in total. The lowest BCUT2D eigenvalue weighted by Crippen LogP contribution is -2.68. The van der Waals surface area contributed by atoms with E-state index >= 15 is 0 Å². The molecule has 2 aromatic heterocycles. The molecule has 0 saturated heterocycles. The Bertz CT molecular complexity index is 894. The van der Waals surface area contributed by atoms with Gasteiger partial charge in [-0.15, -0.1) is 14.6 Å². The Hall–Kier alpha value is -1.67. The van der Waals surface area contributed by atoms with Gasteiger partial charge >= 0.3 is 5.71 Å². The summed E-state index contributed by atoms with van der Waals surface area (Å²) < 4.78 is 42.2. The summed E-state index contributed by atoms with van der Waals surface area (Å²) >= 11 is 5.94. The van der Waals surface area contributed by atoms with Crippen LogP contribution in [-0.4, -0.2) is 0 Å². The van der Waals surface area contributed by atoms with E-state index in [1.165, 1.54) is 29.7 Å². The monoisotopic (exact) mass is 383 g/mol. The van der Waals surface area contributed by atoms with Crippen LogP contribution in [0.2, 0.25) is 5.02 Å². The highest BCUT2D eigenvalue weighted by Gasteiger charge is 2.26. The normalized spacial score (nSPS) is 13.5. The van der Waals surface area contributed by atoms with Gasteiger partial charge in [0.05, 0.1) is 6.07 Å². The molecule has 0 spiro atoms.